The van der Waals surface area contributed by atoms with Crippen molar-refractivity contribution in [2.45, 2.75) is 19.8 Å². The lowest BCUT2D eigenvalue weighted by Gasteiger charge is -2.07. The molecule has 6 nitrogen and oxygen atoms in total. The van der Waals surface area contributed by atoms with E-state index in [4.69, 9.17) is 0 Å². The Kier molecular flexibility index (Phi) is 2.66. The molecule has 3 N–H and O–H groups in total. The third-order valence-electron chi connectivity index (χ3n) is 2.07. The van der Waals surface area contributed by atoms with Crippen molar-refractivity contribution >= 4 is 11.8 Å². The number of aryl methyl sites for hydroxylation is 1. The minimum Gasteiger partial charge on any atom is -0.291 e. The van der Waals surface area contributed by atoms with Crippen molar-refractivity contribution in [1.29, 1.82) is 0 Å². The SMILES string of the molecule is Cc1cc(=O)[nH]c(NNC2=NCCC2)n1. The van der Waals surface area contributed by atoms with Gasteiger partial charge in [0.15, 0.2) is 0 Å². The fraction of sp³-hybridized carbons (Fsp3) is 0.444. The van der Waals surface area contributed by atoms with Gasteiger partial charge in [0, 0.05) is 24.7 Å². The molecule has 0 atom stereocenters. The van der Waals surface area contributed by atoms with E-state index in [0.29, 0.717) is 11.6 Å². The van der Waals surface area contributed by atoms with Crippen molar-refractivity contribution < 1.29 is 0 Å². The Hall–Kier alpha value is -1.85. The molecule has 1 aliphatic rings. The van der Waals surface area contributed by atoms with Gasteiger partial charge in [0.25, 0.3) is 5.56 Å². The summed E-state index contributed by atoms with van der Waals surface area (Å²) >= 11 is 0. The van der Waals surface area contributed by atoms with Gasteiger partial charge in [-0.3, -0.25) is 25.6 Å². The van der Waals surface area contributed by atoms with E-state index in [1.165, 1.54) is 6.07 Å². The summed E-state index contributed by atoms with van der Waals surface area (Å²) in [4.78, 5) is 22.0. The predicted octanol–water partition coefficient (Wildman–Crippen LogP) is 0.187. The monoisotopic (exact) mass is 207 g/mol. The molecule has 1 aromatic heterocycles. The average molecular weight is 207 g/mol. The van der Waals surface area contributed by atoms with Crippen LogP contribution in [-0.2, 0) is 0 Å². The number of aromatic amines is 1. The Morgan fingerprint density at radius 3 is 3.00 bits per heavy atom. The minimum atomic E-state index is -0.167. The zero-order chi connectivity index (χ0) is 10.7. The van der Waals surface area contributed by atoms with Gasteiger partial charge in [0.1, 0.15) is 5.84 Å². The number of anilines is 1. The molecule has 0 amide bonds. The molecule has 0 unspecified atom stereocenters. The van der Waals surface area contributed by atoms with Crippen LogP contribution in [0.4, 0.5) is 5.95 Å². The van der Waals surface area contributed by atoms with Crippen molar-refractivity contribution in [3.8, 4) is 0 Å². The molecule has 0 aromatic carbocycles. The van der Waals surface area contributed by atoms with Gasteiger partial charge >= 0.3 is 0 Å². The summed E-state index contributed by atoms with van der Waals surface area (Å²) in [6.07, 6.45) is 2.00. The molecular weight excluding hydrogens is 194 g/mol. The Balaban J connectivity index is 2.01. The third-order valence-corrected chi connectivity index (χ3v) is 2.07. The third kappa shape index (κ3) is 2.55. The first kappa shape index (κ1) is 9.70. The molecular formula is C9H13N5O. The fourth-order valence-electron chi connectivity index (χ4n) is 1.41. The van der Waals surface area contributed by atoms with Crippen LogP contribution in [0.3, 0.4) is 0 Å². The van der Waals surface area contributed by atoms with Crippen molar-refractivity contribution in [2.75, 3.05) is 12.0 Å². The van der Waals surface area contributed by atoms with Crippen LogP contribution in [0.25, 0.3) is 0 Å². The Morgan fingerprint density at radius 1 is 1.47 bits per heavy atom. The van der Waals surface area contributed by atoms with E-state index in [-0.39, 0.29) is 5.56 Å². The largest absolute Gasteiger partial charge is 0.291 e. The van der Waals surface area contributed by atoms with E-state index < -0.39 is 0 Å². The molecule has 0 saturated heterocycles. The van der Waals surface area contributed by atoms with Crippen LogP contribution in [0.15, 0.2) is 15.9 Å². The van der Waals surface area contributed by atoms with E-state index in [9.17, 15) is 4.79 Å². The van der Waals surface area contributed by atoms with Crippen LogP contribution >= 0.6 is 0 Å². The second kappa shape index (κ2) is 4.12. The van der Waals surface area contributed by atoms with Gasteiger partial charge in [0.2, 0.25) is 5.95 Å². The lowest BCUT2D eigenvalue weighted by atomic mass is 10.3. The highest BCUT2D eigenvalue weighted by Crippen LogP contribution is 2.01. The summed E-state index contributed by atoms with van der Waals surface area (Å²) in [6, 6.07) is 1.44. The van der Waals surface area contributed by atoms with E-state index in [1.54, 1.807) is 6.92 Å². The van der Waals surface area contributed by atoms with Crippen LogP contribution in [0.5, 0.6) is 0 Å². The predicted molar refractivity (Wildman–Crippen MR) is 57.9 cm³/mol. The average Bonchev–Trinajstić information content (AvgIpc) is 2.65. The fourth-order valence-corrected chi connectivity index (χ4v) is 1.41. The first-order valence-electron chi connectivity index (χ1n) is 4.87. The molecule has 15 heavy (non-hydrogen) atoms. The molecule has 80 valence electrons. The molecule has 0 saturated carbocycles. The Morgan fingerprint density at radius 2 is 2.33 bits per heavy atom. The number of hydrazine groups is 1. The maximum absolute atomic E-state index is 11.1. The topological polar surface area (TPSA) is 82.2 Å². The van der Waals surface area contributed by atoms with Crippen LogP contribution in [-0.4, -0.2) is 22.3 Å². The molecule has 0 spiro atoms. The molecule has 1 aromatic rings. The normalized spacial score (nSPS) is 14.9. The number of aromatic nitrogens is 2. The summed E-state index contributed by atoms with van der Waals surface area (Å²) in [5.74, 6) is 1.31. The maximum Gasteiger partial charge on any atom is 0.252 e. The molecule has 0 fully saturated rings. The minimum absolute atomic E-state index is 0.167. The number of rotatable bonds is 2. The maximum atomic E-state index is 11.1. The molecule has 2 rings (SSSR count). The van der Waals surface area contributed by atoms with Crippen molar-refractivity contribution in [3.05, 3.63) is 22.1 Å². The van der Waals surface area contributed by atoms with Gasteiger partial charge in [-0.15, -0.1) is 0 Å². The Bertz CT molecular complexity index is 436. The number of aliphatic imine (C=N–C) groups is 1. The van der Waals surface area contributed by atoms with Crippen LogP contribution < -0.4 is 16.4 Å². The number of hydrogen-bond acceptors (Lipinski definition) is 5. The van der Waals surface area contributed by atoms with Crippen molar-refractivity contribution in [1.82, 2.24) is 15.4 Å². The summed E-state index contributed by atoms with van der Waals surface area (Å²) < 4.78 is 0. The number of H-pyrrole nitrogens is 1. The number of nitrogens with one attached hydrogen (secondary N) is 3. The summed E-state index contributed by atoms with van der Waals surface area (Å²) in [6.45, 7) is 2.63. The van der Waals surface area contributed by atoms with E-state index >= 15 is 0 Å². The van der Waals surface area contributed by atoms with Gasteiger partial charge in [-0.05, 0) is 13.3 Å². The standard InChI is InChI=1S/C9H13N5O/c1-6-5-8(15)12-9(11-6)14-13-7-3-2-4-10-7/h5H,2-4H2,1H3,(H,10,13)(H2,11,12,14,15). The lowest BCUT2D eigenvalue weighted by molar-refractivity contribution is 0.937. The molecule has 0 aliphatic carbocycles. The van der Waals surface area contributed by atoms with Gasteiger partial charge in [-0.1, -0.05) is 0 Å². The molecule has 6 heteroatoms. The molecule has 0 radical (unpaired) electrons. The number of amidine groups is 1. The first-order valence-corrected chi connectivity index (χ1v) is 4.87. The summed E-state index contributed by atoms with van der Waals surface area (Å²) in [5, 5.41) is 0. The quantitative estimate of drug-likeness (QED) is 0.604. The van der Waals surface area contributed by atoms with E-state index in [1.807, 2.05) is 0 Å². The van der Waals surface area contributed by atoms with Gasteiger partial charge < -0.3 is 0 Å². The highest BCUT2D eigenvalue weighted by atomic mass is 16.1. The zero-order valence-corrected chi connectivity index (χ0v) is 8.50. The van der Waals surface area contributed by atoms with Crippen LogP contribution in [0.2, 0.25) is 0 Å². The molecule has 2 heterocycles. The molecule has 1 aliphatic heterocycles. The summed E-state index contributed by atoms with van der Waals surface area (Å²) in [5.41, 5.74) is 6.25. The molecule has 0 bridgehead atoms. The highest BCUT2D eigenvalue weighted by molar-refractivity contribution is 5.84. The van der Waals surface area contributed by atoms with Crippen molar-refractivity contribution in [2.24, 2.45) is 4.99 Å². The van der Waals surface area contributed by atoms with Gasteiger partial charge in [-0.2, -0.15) is 0 Å². The second-order valence-corrected chi connectivity index (χ2v) is 3.42. The first-order chi connectivity index (χ1) is 7.24. The smallest absolute Gasteiger partial charge is 0.252 e. The second-order valence-electron chi connectivity index (χ2n) is 3.42. The Labute approximate surface area is 86.8 Å². The summed E-state index contributed by atoms with van der Waals surface area (Å²) in [7, 11) is 0. The van der Waals surface area contributed by atoms with E-state index in [2.05, 4.69) is 25.8 Å². The van der Waals surface area contributed by atoms with Crippen molar-refractivity contribution in [3.63, 3.8) is 0 Å². The van der Waals surface area contributed by atoms with Crippen LogP contribution in [0.1, 0.15) is 18.5 Å². The zero-order valence-electron chi connectivity index (χ0n) is 8.50. The number of nitrogens with zero attached hydrogens (tertiary/aromatic N) is 2. The van der Waals surface area contributed by atoms with E-state index in [0.717, 1.165) is 25.2 Å². The highest BCUT2D eigenvalue weighted by Gasteiger charge is 2.05. The number of hydrogen-bond donors (Lipinski definition) is 3. The van der Waals surface area contributed by atoms with Gasteiger partial charge in [0.05, 0.1) is 0 Å². The lowest BCUT2D eigenvalue weighted by Crippen LogP contribution is -2.30. The van der Waals surface area contributed by atoms with Gasteiger partial charge in [-0.25, -0.2) is 4.98 Å². The van der Waals surface area contributed by atoms with Crippen LogP contribution in [0, 0.1) is 6.92 Å².